The summed E-state index contributed by atoms with van der Waals surface area (Å²) in [4.78, 5) is 16.2. The fraction of sp³-hybridized carbons (Fsp3) is 0.533. The molecule has 2 rings (SSSR count). The molecular weight excluding hydrogens is 240 g/mol. The number of hydrogen-bond acceptors (Lipinski definition) is 3. The van der Waals surface area contributed by atoms with Gasteiger partial charge in [-0.05, 0) is 25.6 Å². The molecule has 0 spiro atoms. The van der Waals surface area contributed by atoms with Gasteiger partial charge in [-0.15, -0.1) is 0 Å². The van der Waals surface area contributed by atoms with E-state index in [1.54, 1.807) is 0 Å². The van der Waals surface area contributed by atoms with Crippen LogP contribution in [0.3, 0.4) is 0 Å². The van der Waals surface area contributed by atoms with Crippen molar-refractivity contribution in [3.8, 4) is 5.75 Å². The molecule has 0 bridgehead atoms. The van der Waals surface area contributed by atoms with Crippen LogP contribution in [0.1, 0.15) is 12.8 Å². The first-order valence-electron chi connectivity index (χ1n) is 6.90. The number of rotatable bonds is 5. The maximum atomic E-state index is 12.0. The molecule has 1 aromatic rings. The molecule has 0 aromatic heterocycles. The highest BCUT2D eigenvalue weighted by Gasteiger charge is 2.18. The average molecular weight is 262 g/mol. The van der Waals surface area contributed by atoms with E-state index in [1.165, 1.54) is 0 Å². The van der Waals surface area contributed by atoms with Gasteiger partial charge >= 0.3 is 0 Å². The van der Waals surface area contributed by atoms with Crippen molar-refractivity contribution in [2.75, 3.05) is 39.8 Å². The fourth-order valence-corrected chi connectivity index (χ4v) is 2.14. The van der Waals surface area contributed by atoms with Gasteiger partial charge in [0.05, 0.1) is 6.61 Å². The Morgan fingerprint density at radius 1 is 1.16 bits per heavy atom. The summed E-state index contributed by atoms with van der Waals surface area (Å²) in [7, 11) is 2.09. The molecule has 1 aromatic carbocycles. The Labute approximate surface area is 115 Å². The number of piperazine rings is 1. The lowest BCUT2D eigenvalue weighted by Gasteiger charge is -2.32. The van der Waals surface area contributed by atoms with Crippen LogP contribution in [0.25, 0.3) is 0 Å². The SMILES string of the molecule is CN1CCN(C(=O)CCCOc2ccccc2)CC1. The van der Waals surface area contributed by atoms with E-state index in [-0.39, 0.29) is 5.91 Å². The molecule has 1 aliphatic heterocycles. The molecule has 4 heteroatoms. The minimum Gasteiger partial charge on any atom is -0.494 e. The van der Waals surface area contributed by atoms with E-state index in [9.17, 15) is 4.79 Å². The number of carbonyl (C=O) groups excluding carboxylic acids is 1. The third kappa shape index (κ3) is 4.56. The minimum atomic E-state index is 0.254. The standard InChI is InChI=1S/C15H22N2O2/c1-16-9-11-17(12-10-16)15(18)8-5-13-19-14-6-3-2-4-7-14/h2-4,6-7H,5,8-13H2,1H3. The van der Waals surface area contributed by atoms with E-state index >= 15 is 0 Å². The molecule has 0 radical (unpaired) electrons. The summed E-state index contributed by atoms with van der Waals surface area (Å²) in [6.45, 7) is 4.27. The van der Waals surface area contributed by atoms with E-state index < -0.39 is 0 Å². The molecule has 19 heavy (non-hydrogen) atoms. The normalized spacial score (nSPS) is 16.4. The molecule has 1 aliphatic rings. The van der Waals surface area contributed by atoms with E-state index in [0.717, 1.165) is 38.3 Å². The highest BCUT2D eigenvalue weighted by Crippen LogP contribution is 2.09. The molecule has 1 saturated heterocycles. The molecule has 0 atom stereocenters. The van der Waals surface area contributed by atoms with Crippen LogP contribution < -0.4 is 4.74 Å². The molecule has 1 fully saturated rings. The summed E-state index contributed by atoms with van der Waals surface area (Å²) in [6.07, 6.45) is 1.36. The second kappa shape index (κ2) is 7.14. The lowest BCUT2D eigenvalue weighted by Crippen LogP contribution is -2.47. The summed E-state index contributed by atoms with van der Waals surface area (Å²) in [5.41, 5.74) is 0. The second-order valence-corrected chi connectivity index (χ2v) is 4.95. The third-order valence-corrected chi connectivity index (χ3v) is 3.40. The number of benzene rings is 1. The van der Waals surface area contributed by atoms with Gasteiger partial charge in [-0.2, -0.15) is 0 Å². The first-order valence-corrected chi connectivity index (χ1v) is 6.90. The van der Waals surface area contributed by atoms with Crippen LogP contribution in [0.2, 0.25) is 0 Å². The van der Waals surface area contributed by atoms with Crippen molar-refractivity contribution < 1.29 is 9.53 Å². The number of para-hydroxylation sites is 1. The van der Waals surface area contributed by atoms with Gasteiger partial charge in [-0.25, -0.2) is 0 Å². The summed E-state index contributed by atoms with van der Waals surface area (Å²) in [6, 6.07) is 9.73. The summed E-state index contributed by atoms with van der Waals surface area (Å²) < 4.78 is 5.58. The summed E-state index contributed by atoms with van der Waals surface area (Å²) in [5, 5.41) is 0. The van der Waals surface area contributed by atoms with Crippen molar-refractivity contribution in [1.29, 1.82) is 0 Å². The summed E-state index contributed by atoms with van der Waals surface area (Å²) in [5.74, 6) is 1.12. The van der Waals surface area contributed by atoms with Crippen molar-refractivity contribution in [3.63, 3.8) is 0 Å². The highest BCUT2D eigenvalue weighted by molar-refractivity contribution is 5.76. The topological polar surface area (TPSA) is 32.8 Å². The maximum Gasteiger partial charge on any atom is 0.222 e. The number of nitrogens with zero attached hydrogens (tertiary/aromatic N) is 2. The van der Waals surface area contributed by atoms with Crippen molar-refractivity contribution in [2.45, 2.75) is 12.8 Å². The van der Waals surface area contributed by atoms with Gasteiger partial charge in [0.1, 0.15) is 5.75 Å². The monoisotopic (exact) mass is 262 g/mol. The Kier molecular flexibility index (Phi) is 5.21. The molecule has 1 heterocycles. The Bertz CT molecular complexity index is 386. The second-order valence-electron chi connectivity index (χ2n) is 4.95. The number of amides is 1. The first kappa shape index (κ1) is 13.9. The molecule has 0 aliphatic carbocycles. The number of likely N-dealkylation sites (N-methyl/N-ethyl adjacent to an activating group) is 1. The molecule has 0 N–H and O–H groups in total. The van der Waals surface area contributed by atoms with Gasteiger partial charge in [-0.3, -0.25) is 4.79 Å². The van der Waals surface area contributed by atoms with Crippen molar-refractivity contribution in [1.82, 2.24) is 9.80 Å². The number of hydrogen-bond donors (Lipinski definition) is 0. The Balaban J connectivity index is 1.61. The van der Waals surface area contributed by atoms with E-state index in [4.69, 9.17) is 4.74 Å². The van der Waals surface area contributed by atoms with Crippen LogP contribution in [0, 0.1) is 0 Å². The molecule has 0 unspecified atom stereocenters. The van der Waals surface area contributed by atoms with Crippen LogP contribution in [-0.4, -0.2) is 55.5 Å². The van der Waals surface area contributed by atoms with Gasteiger partial charge in [0.15, 0.2) is 0 Å². The Morgan fingerprint density at radius 3 is 2.53 bits per heavy atom. The van der Waals surface area contributed by atoms with E-state index in [2.05, 4.69) is 11.9 Å². The first-order chi connectivity index (χ1) is 9.25. The van der Waals surface area contributed by atoms with Gasteiger partial charge in [-0.1, -0.05) is 18.2 Å². The fourth-order valence-electron chi connectivity index (χ4n) is 2.14. The largest absolute Gasteiger partial charge is 0.494 e. The van der Waals surface area contributed by atoms with Crippen LogP contribution in [-0.2, 0) is 4.79 Å². The lowest BCUT2D eigenvalue weighted by atomic mass is 10.2. The van der Waals surface area contributed by atoms with Crippen molar-refractivity contribution >= 4 is 5.91 Å². The lowest BCUT2D eigenvalue weighted by molar-refractivity contribution is -0.133. The quantitative estimate of drug-likeness (QED) is 0.756. The predicted octanol–water partition coefficient (Wildman–Crippen LogP) is 1.62. The molecule has 104 valence electrons. The number of ether oxygens (including phenoxy) is 1. The molecule has 1 amide bonds. The van der Waals surface area contributed by atoms with Crippen LogP contribution >= 0.6 is 0 Å². The average Bonchev–Trinajstić information content (AvgIpc) is 2.45. The Hall–Kier alpha value is -1.55. The zero-order valence-corrected chi connectivity index (χ0v) is 11.5. The predicted molar refractivity (Wildman–Crippen MR) is 75.2 cm³/mol. The summed E-state index contributed by atoms with van der Waals surface area (Å²) >= 11 is 0. The molecule has 4 nitrogen and oxygen atoms in total. The highest BCUT2D eigenvalue weighted by atomic mass is 16.5. The smallest absolute Gasteiger partial charge is 0.222 e. The van der Waals surface area contributed by atoms with Gasteiger partial charge < -0.3 is 14.5 Å². The Morgan fingerprint density at radius 2 is 1.84 bits per heavy atom. The third-order valence-electron chi connectivity index (χ3n) is 3.40. The molecular formula is C15H22N2O2. The minimum absolute atomic E-state index is 0.254. The van der Waals surface area contributed by atoms with Gasteiger partial charge in [0.2, 0.25) is 5.91 Å². The van der Waals surface area contributed by atoms with Crippen molar-refractivity contribution in [3.05, 3.63) is 30.3 Å². The van der Waals surface area contributed by atoms with Crippen molar-refractivity contribution in [2.24, 2.45) is 0 Å². The van der Waals surface area contributed by atoms with Crippen LogP contribution in [0.4, 0.5) is 0 Å². The van der Waals surface area contributed by atoms with Gasteiger partial charge in [0, 0.05) is 32.6 Å². The van der Waals surface area contributed by atoms with Crippen LogP contribution in [0.5, 0.6) is 5.75 Å². The van der Waals surface area contributed by atoms with E-state index in [0.29, 0.717) is 13.0 Å². The zero-order valence-electron chi connectivity index (χ0n) is 11.5. The van der Waals surface area contributed by atoms with Crippen LogP contribution in [0.15, 0.2) is 30.3 Å². The molecule has 0 saturated carbocycles. The maximum absolute atomic E-state index is 12.0. The van der Waals surface area contributed by atoms with E-state index in [1.807, 2.05) is 35.2 Å². The van der Waals surface area contributed by atoms with Gasteiger partial charge in [0.25, 0.3) is 0 Å². The number of carbonyl (C=O) groups is 1. The zero-order chi connectivity index (χ0) is 13.5.